The largest absolute Gasteiger partial charge is 0.492 e. The van der Waals surface area contributed by atoms with Crippen LogP contribution in [0.15, 0.2) is 97.2 Å². The topological polar surface area (TPSA) is 191 Å². The normalized spacial score (nSPS) is 11.2. The van der Waals surface area contributed by atoms with E-state index < -0.39 is 17.8 Å². The van der Waals surface area contributed by atoms with E-state index in [4.69, 9.17) is 19.9 Å². The second-order valence-electron chi connectivity index (χ2n) is 12.4. The first-order valence-electron chi connectivity index (χ1n) is 18.1. The summed E-state index contributed by atoms with van der Waals surface area (Å²) in [5.74, 6) is 0.742. The molecule has 0 fully saturated rings. The van der Waals surface area contributed by atoms with Crippen molar-refractivity contribution in [2.45, 2.75) is 19.0 Å². The number of carbonyl (C=O) groups excluding carboxylic acids is 3. The van der Waals surface area contributed by atoms with Crippen molar-refractivity contribution in [1.82, 2.24) is 20.6 Å². The van der Waals surface area contributed by atoms with Gasteiger partial charge in [-0.1, -0.05) is 24.3 Å². The SMILES string of the molecule is NCCNC(=O)CCOCCOCCC(=O)NCCOc1ccc(Nc2ncc3cc(-c4cccc(NC(=O)Nc5cccc(C(F)(F)F)c5)c4)ccc3n2)cc1. The predicted octanol–water partition coefficient (Wildman–Crippen LogP) is 6.09. The van der Waals surface area contributed by atoms with E-state index in [9.17, 15) is 27.6 Å². The Morgan fingerprint density at radius 2 is 1.33 bits per heavy atom. The van der Waals surface area contributed by atoms with Crippen LogP contribution in [0.2, 0.25) is 0 Å². The summed E-state index contributed by atoms with van der Waals surface area (Å²) in [5, 5.41) is 14.5. The summed E-state index contributed by atoms with van der Waals surface area (Å²) in [6.07, 6.45) is -2.37. The van der Waals surface area contributed by atoms with Gasteiger partial charge in [-0.25, -0.2) is 14.8 Å². The summed E-state index contributed by atoms with van der Waals surface area (Å²) in [5.41, 5.74) is 8.02. The van der Waals surface area contributed by atoms with E-state index in [2.05, 4.69) is 36.6 Å². The number of fused-ring (bicyclic) bond motifs is 1. The van der Waals surface area contributed by atoms with Gasteiger partial charge in [0.1, 0.15) is 12.4 Å². The molecule has 0 radical (unpaired) electrons. The van der Waals surface area contributed by atoms with Gasteiger partial charge < -0.3 is 46.5 Å². The predicted molar refractivity (Wildman–Crippen MR) is 210 cm³/mol. The molecule has 17 heteroatoms. The molecule has 0 aliphatic rings. The standard InChI is InChI=1S/C40H43F3N8O6/c41-40(42,43)30-4-2-6-33(25-30)50-39(54)49-32-5-1-3-27(24-32)28-7-12-35-29(23-28)26-47-38(51-35)48-31-8-10-34(11-9-31)57-20-17-46-37(53)14-19-56-22-21-55-18-13-36(52)45-16-15-44/h1-12,23-26H,13-22,44H2,(H,45,52)(H,46,53)(H,47,48,51)(H2,49,50,54). The zero-order chi connectivity index (χ0) is 40.5. The van der Waals surface area contributed by atoms with Crippen LogP contribution < -0.4 is 37.1 Å². The molecule has 0 bridgehead atoms. The molecule has 14 nitrogen and oxygen atoms in total. The Kier molecular flexibility index (Phi) is 15.5. The molecule has 0 aliphatic carbocycles. The lowest BCUT2D eigenvalue weighted by Gasteiger charge is -2.12. The van der Waals surface area contributed by atoms with E-state index in [-0.39, 0.29) is 50.2 Å². The van der Waals surface area contributed by atoms with Gasteiger partial charge in [0.05, 0.1) is 44.1 Å². The quantitative estimate of drug-likeness (QED) is 0.0504. The summed E-state index contributed by atoms with van der Waals surface area (Å²) >= 11 is 0. The van der Waals surface area contributed by atoms with Crippen LogP contribution in [-0.2, 0) is 25.2 Å². The number of aromatic nitrogens is 2. The van der Waals surface area contributed by atoms with Gasteiger partial charge in [-0.05, 0) is 77.9 Å². The molecule has 300 valence electrons. The van der Waals surface area contributed by atoms with Crippen LogP contribution >= 0.6 is 0 Å². The Morgan fingerprint density at radius 3 is 2.02 bits per heavy atom. The number of rotatable bonds is 20. The first kappa shape index (κ1) is 41.9. The third kappa shape index (κ3) is 14.1. The number of amides is 4. The molecule has 4 amide bonds. The maximum absolute atomic E-state index is 13.0. The van der Waals surface area contributed by atoms with Gasteiger partial charge in [-0.15, -0.1) is 0 Å². The Morgan fingerprint density at radius 1 is 0.684 bits per heavy atom. The first-order valence-corrected chi connectivity index (χ1v) is 18.1. The number of nitrogens with two attached hydrogens (primary N) is 1. The molecular weight excluding hydrogens is 745 g/mol. The molecule has 4 aromatic carbocycles. The summed E-state index contributed by atoms with van der Waals surface area (Å²) in [6.45, 7) is 2.62. The highest BCUT2D eigenvalue weighted by Crippen LogP contribution is 2.31. The third-order valence-corrected chi connectivity index (χ3v) is 8.07. The van der Waals surface area contributed by atoms with Crippen molar-refractivity contribution in [2.24, 2.45) is 5.73 Å². The molecule has 5 rings (SSSR count). The Balaban J connectivity index is 1.01. The van der Waals surface area contributed by atoms with Crippen molar-refractivity contribution in [3.63, 3.8) is 0 Å². The van der Waals surface area contributed by atoms with Crippen LogP contribution in [0.25, 0.3) is 22.0 Å². The molecule has 0 unspecified atom stereocenters. The maximum Gasteiger partial charge on any atom is 0.416 e. The molecule has 5 aromatic rings. The average molecular weight is 789 g/mol. The molecule has 1 heterocycles. The minimum absolute atomic E-state index is 0.0159. The lowest BCUT2D eigenvalue weighted by atomic mass is 10.0. The third-order valence-electron chi connectivity index (χ3n) is 8.07. The minimum Gasteiger partial charge on any atom is -0.492 e. The molecule has 57 heavy (non-hydrogen) atoms. The van der Waals surface area contributed by atoms with Crippen LogP contribution in [-0.4, -0.2) is 80.5 Å². The number of benzene rings is 4. The second-order valence-corrected chi connectivity index (χ2v) is 12.4. The van der Waals surface area contributed by atoms with E-state index in [0.29, 0.717) is 55.7 Å². The van der Waals surface area contributed by atoms with Crippen molar-refractivity contribution in [3.8, 4) is 16.9 Å². The molecule has 0 saturated carbocycles. The highest BCUT2D eigenvalue weighted by molar-refractivity contribution is 6.00. The van der Waals surface area contributed by atoms with Gasteiger partial charge in [0.15, 0.2) is 0 Å². The van der Waals surface area contributed by atoms with Crippen LogP contribution in [0.3, 0.4) is 0 Å². The van der Waals surface area contributed by atoms with E-state index in [1.54, 1.807) is 36.5 Å². The molecule has 7 N–H and O–H groups in total. The smallest absolute Gasteiger partial charge is 0.416 e. The number of hydrogen-bond donors (Lipinski definition) is 6. The van der Waals surface area contributed by atoms with Crippen molar-refractivity contribution in [2.75, 3.05) is 68.6 Å². The van der Waals surface area contributed by atoms with Crippen LogP contribution in [0.4, 0.5) is 41.0 Å². The molecule has 0 aliphatic heterocycles. The maximum atomic E-state index is 13.0. The Hall–Kier alpha value is -6.30. The minimum atomic E-state index is -4.52. The van der Waals surface area contributed by atoms with Crippen LogP contribution in [0.5, 0.6) is 5.75 Å². The van der Waals surface area contributed by atoms with Crippen LogP contribution in [0, 0.1) is 0 Å². The Bertz CT molecular complexity index is 2100. The molecule has 0 atom stereocenters. The highest BCUT2D eigenvalue weighted by Gasteiger charge is 2.30. The molecular formula is C40H43F3N8O6. The summed E-state index contributed by atoms with van der Waals surface area (Å²) in [6, 6.07) is 23.7. The second kappa shape index (κ2) is 21.1. The fraction of sp³-hybridized carbons (Fsp3) is 0.275. The van der Waals surface area contributed by atoms with Gasteiger partial charge >= 0.3 is 12.2 Å². The van der Waals surface area contributed by atoms with Gasteiger partial charge in [-0.3, -0.25) is 9.59 Å². The summed E-state index contributed by atoms with van der Waals surface area (Å²) in [4.78, 5) is 45.1. The molecule has 0 spiro atoms. The van der Waals surface area contributed by atoms with Gasteiger partial charge in [0.2, 0.25) is 17.8 Å². The highest BCUT2D eigenvalue weighted by atomic mass is 19.4. The van der Waals surface area contributed by atoms with E-state index >= 15 is 0 Å². The number of urea groups is 1. The number of anilines is 4. The van der Waals surface area contributed by atoms with Crippen molar-refractivity contribution >= 4 is 51.8 Å². The zero-order valence-electron chi connectivity index (χ0n) is 30.9. The first-order chi connectivity index (χ1) is 27.6. The van der Waals surface area contributed by atoms with Gasteiger partial charge in [0.25, 0.3) is 0 Å². The van der Waals surface area contributed by atoms with Gasteiger partial charge in [-0.2, -0.15) is 13.2 Å². The number of ether oxygens (including phenoxy) is 3. The number of nitrogens with zero attached hydrogens (tertiary/aromatic N) is 2. The fourth-order valence-electron chi connectivity index (χ4n) is 5.28. The summed E-state index contributed by atoms with van der Waals surface area (Å²) < 4.78 is 55.6. The van der Waals surface area contributed by atoms with Crippen molar-refractivity contribution in [3.05, 3.63) is 103 Å². The number of carbonyl (C=O) groups is 3. The number of hydrogen-bond acceptors (Lipinski definition) is 10. The average Bonchev–Trinajstić information content (AvgIpc) is 3.20. The zero-order valence-corrected chi connectivity index (χ0v) is 30.9. The fourth-order valence-corrected chi connectivity index (χ4v) is 5.28. The lowest BCUT2D eigenvalue weighted by molar-refractivity contribution is -0.137. The number of halogens is 3. The van der Waals surface area contributed by atoms with E-state index in [1.165, 1.54) is 12.1 Å². The van der Waals surface area contributed by atoms with Crippen molar-refractivity contribution in [1.29, 1.82) is 0 Å². The Labute approximate surface area is 326 Å². The monoisotopic (exact) mass is 788 g/mol. The van der Waals surface area contributed by atoms with Gasteiger partial charge in [0, 0.05) is 54.6 Å². The number of alkyl halides is 3. The molecule has 0 saturated heterocycles. The summed E-state index contributed by atoms with van der Waals surface area (Å²) in [7, 11) is 0. The molecule has 1 aromatic heterocycles. The van der Waals surface area contributed by atoms with Crippen molar-refractivity contribution < 1.29 is 41.8 Å². The van der Waals surface area contributed by atoms with E-state index in [0.717, 1.165) is 34.3 Å². The van der Waals surface area contributed by atoms with Crippen LogP contribution in [0.1, 0.15) is 18.4 Å². The van der Waals surface area contributed by atoms with E-state index in [1.807, 2.05) is 36.4 Å². The number of nitrogens with one attached hydrogen (secondary N) is 5. The lowest BCUT2D eigenvalue weighted by Crippen LogP contribution is -2.29.